The van der Waals surface area contributed by atoms with E-state index in [-0.39, 0.29) is 10.9 Å². The van der Waals surface area contributed by atoms with Gasteiger partial charge in [-0.1, -0.05) is 35.9 Å². The Morgan fingerprint density at radius 1 is 1.26 bits per heavy atom. The molecule has 0 aromatic heterocycles. The zero-order valence-corrected chi connectivity index (χ0v) is 13.9. The molecule has 0 aliphatic carbocycles. The van der Waals surface area contributed by atoms with Crippen LogP contribution in [0.25, 0.3) is 6.08 Å². The van der Waals surface area contributed by atoms with Crippen molar-refractivity contribution in [3.63, 3.8) is 0 Å². The molecule has 0 saturated carbocycles. The molecule has 1 amide bonds. The average Bonchev–Trinajstić information content (AvgIpc) is 2.50. The van der Waals surface area contributed by atoms with Crippen LogP contribution in [0.4, 0.5) is 5.69 Å². The number of hydrogen-bond acceptors (Lipinski definition) is 3. The highest BCUT2D eigenvalue weighted by molar-refractivity contribution is 7.80. The minimum atomic E-state index is -0.394. The summed E-state index contributed by atoms with van der Waals surface area (Å²) >= 11 is 11.1. The predicted octanol–water partition coefficient (Wildman–Crippen LogP) is 3.88. The Hall–Kier alpha value is -2.37. The van der Waals surface area contributed by atoms with E-state index in [0.717, 1.165) is 11.1 Å². The lowest BCUT2D eigenvalue weighted by Gasteiger charge is -2.10. The fourth-order valence-corrected chi connectivity index (χ4v) is 2.24. The van der Waals surface area contributed by atoms with Gasteiger partial charge >= 0.3 is 0 Å². The summed E-state index contributed by atoms with van der Waals surface area (Å²) in [7, 11) is 0. The minimum absolute atomic E-state index is 0.0545. The lowest BCUT2D eigenvalue weighted by Crippen LogP contribution is -2.32. The van der Waals surface area contributed by atoms with Gasteiger partial charge in [0.15, 0.2) is 5.11 Å². The second-order valence-corrected chi connectivity index (χ2v) is 5.63. The van der Waals surface area contributed by atoms with E-state index in [4.69, 9.17) is 23.8 Å². The van der Waals surface area contributed by atoms with Crippen molar-refractivity contribution in [2.45, 2.75) is 6.92 Å². The summed E-state index contributed by atoms with van der Waals surface area (Å²) in [6.45, 7) is 1.89. The molecule has 4 nitrogen and oxygen atoms in total. The second kappa shape index (κ2) is 7.76. The third kappa shape index (κ3) is 5.09. The first-order valence-corrected chi connectivity index (χ1v) is 7.58. The van der Waals surface area contributed by atoms with Gasteiger partial charge in [0.2, 0.25) is 5.91 Å². The first-order valence-electron chi connectivity index (χ1n) is 6.80. The molecule has 6 heteroatoms. The van der Waals surface area contributed by atoms with Crippen LogP contribution in [0.3, 0.4) is 0 Å². The molecule has 3 N–H and O–H groups in total. The molecular formula is C17H15ClN2O2S. The molecule has 2 rings (SSSR count). The number of phenolic OH excluding ortho intramolecular Hbond substituents is 1. The molecule has 0 aliphatic heterocycles. The minimum Gasteiger partial charge on any atom is -0.506 e. The van der Waals surface area contributed by atoms with E-state index >= 15 is 0 Å². The third-order valence-corrected chi connectivity index (χ3v) is 3.50. The van der Waals surface area contributed by atoms with Gasteiger partial charge in [0.25, 0.3) is 0 Å². The van der Waals surface area contributed by atoms with Crippen LogP contribution >= 0.6 is 23.8 Å². The Balaban J connectivity index is 1.96. The number of anilines is 1. The maximum Gasteiger partial charge on any atom is 0.250 e. The quantitative estimate of drug-likeness (QED) is 0.448. The Labute approximate surface area is 144 Å². The first-order chi connectivity index (χ1) is 11.0. The highest BCUT2D eigenvalue weighted by Gasteiger charge is 2.06. The number of aromatic hydroxyl groups is 1. The van der Waals surface area contributed by atoms with Crippen molar-refractivity contribution >= 4 is 46.6 Å². The van der Waals surface area contributed by atoms with E-state index in [9.17, 15) is 9.90 Å². The number of benzene rings is 2. The molecule has 0 radical (unpaired) electrons. The molecule has 0 fully saturated rings. The lowest BCUT2D eigenvalue weighted by molar-refractivity contribution is -0.115. The monoisotopic (exact) mass is 346 g/mol. The van der Waals surface area contributed by atoms with Crippen molar-refractivity contribution in [1.82, 2.24) is 5.32 Å². The van der Waals surface area contributed by atoms with E-state index in [1.54, 1.807) is 36.4 Å². The van der Waals surface area contributed by atoms with E-state index < -0.39 is 5.91 Å². The van der Waals surface area contributed by atoms with Gasteiger partial charge in [-0.3, -0.25) is 10.1 Å². The number of halogens is 1. The maximum atomic E-state index is 11.8. The summed E-state index contributed by atoms with van der Waals surface area (Å²) < 4.78 is 0. The number of carbonyl (C=O) groups is 1. The summed E-state index contributed by atoms with van der Waals surface area (Å²) in [6.07, 6.45) is 2.94. The van der Waals surface area contributed by atoms with Gasteiger partial charge in [-0.2, -0.15) is 0 Å². The molecule has 0 atom stereocenters. The van der Waals surface area contributed by atoms with Gasteiger partial charge in [0.05, 0.1) is 5.69 Å². The Morgan fingerprint density at radius 3 is 2.74 bits per heavy atom. The van der Waals surface area contributed by atoms with Gasteiger partial charge in [0, 0.05) is 11.1 Å². The molecule has 0 spiro atoms. The van der Waals surface area contributed by atoms with E-state index in [2.05, 4.69) is 10.6 Å². The summed E-state index contributed by atoms with van der Waals surface area (Å²) in [5, 5.41) is 15.7. The molecule has 23 heavy (non-hydrogen) atoms. The molecule has 0 heterocycles. The predicted molar refractivity (Wildman–Crippen MR) is 97.7 cm³/mol. The van der Waals surface area contributed by atoms with Crippen LogP contribution < -0.4 is 10.6 Å². The van der Waals surface area contributed by atoms with Crippen molar-refractivity contribution < 1.29 is 9.90 Å². The van der Waals surface area contributed by atoms with Crippen molar-refractivity contribution in [3.05, 3.63) is 64.7 Å². The molecule has 0 unspecified atom stereocenters. The summed E-state index contributed by atoms with van der Waals surface area (Å²) in [5.41, 5.74) is 2.13. The Bertz CT molecular complexity index is 775. The molecule has 118 valence electrons. The maximum absolute atomic E-state index is 11.8. The van der Waals surface area contributed by atoms with Crippen molar-refractivity contribution in [2.24, 2.45) is 0 Å². The smallest absolute Gasteiger partial charge is 0.250 e. The van der Waals surface area contributed by atoms with Crippen LogP contribution in [0.5, 0.6) is 5.75 Å². The van der Waals surface area contributed by atoms with Crippen LogP contribution in [0, 0.1) is 6.92 Å². The van der Waals surface area contributed by atoms with Crippen molar-refractivity contribution in [2.75, 3.05) is 5.32 Å². The molecule has 2 aromatic rings. The first kappa shape index (κ1) is 17.0. The third-order valence-electron chi connectivity index (χ3n) is 2.96. The molecule has 0 saturated heterocycles. The van der Waals surface area contributed by atoms with Gasteiger partial charge in [-0.05, 0) is 54.5 Å². The lowest BCUT2D eigenvalue weighted by atomic mass is 10.2. The van der Waals surface area contributed by atoms with Crippen LogP contribution in [0.1, 0.15) is 11.1 Å². The zero-order valence-electron chi connectivity index (χ0n) is 12.3. The van der Waals surface area contributed by atoms with E-state index in [0.29, 0.717) is 10.7 Å². The SMILES string of the molecule is Cc1ccc(O)c(NC(=S)NC(=O)/C=C/c2ccccc2Cl)c1. The van der Waals surface area contributed by atoms with Gasteiger partial charge in [-0.15, -0.1) is 0 Å². The molecule has 2 aromatic carbocycles. The van der Waals surface area contributed by atoms with Crippen LogP contribution in [0.15, 0.2) is 48.5 Å². The zero-order chi connectivity index (χ0) is 16.8. The van der Waals surface area contributed by atoms with E-state index in [1.165, 1.54) is 6.08 Å². The largest absolute Gasteiger partial charge is 0.506 e. The fraction of sp³-hybridized carbons (Fsp3) is 0.0588. The number of aryl methyl sites for hydroxylation is 1. The standard InChI is InChI=1S/C17H15ClN2O2S/c1-11-6-8-15(21)14(10-11)19-17(23)20-16(22)9-7-12-4-2-3-5-13(12)18/h2-10,21H,1H3,(H2,19,20,22,23)/b9-7+. The molecule has 0 bridgehead atoms. The highest BCUT2D eigenvalue weighted by Crippen LogP contribution is 2.23. The van der Waals surface area contributed by atoms with Gasteiger partial charge < -0.3 is 10.4 Å². The van der Waals surface area contributed by atoms with Crippen LogP contribution in [0.2, 0.25) is 5.02 Å². The number of carbonyl (C=O) groups excluding carboxylic acids is 1. The fourth-order valence-electron chi connectivity index (χ4n) is 1.83. The molecular weight excluding hydrogens is 332 g/mol. The number of phenols is 1. The van der Waals surface area contributed by atoms with Crippen molar-refractivity contribution in [1.29, 1.82) is 0 Å². The summed E-state index contributed by atoms with van der Waals surface area (Å²) in [4.78, 5) is 11.8. The van der Waals surface area contributed by atoms with Crippen LogP contribution in [-0.2, 0) is 4.79 Å². The molecule has 0 aliphatic rings. The second-order valence-electron chi connectivity index (χ2n) is 4.82. The Morgan fingerprint density at radius 2 is 2.00 bits per heavy atom. The number of nitrogens with one attached hydrogen (secondary N) is 2. The number of rotatable bonds is 3. The number of amides is 1. The topological polar surface area (TPSA) is 61.4 Å². The van der Waals surface area contributed by atoms with Crippen molar-refractivity contribution in [3.8, 4) is 5.75 Å². The Kier molecular flexibility index (Phi) is 5.73. The van der Waals surface area contributed by atoms with E-state index in [1.807, 2.05) is 19.1 Å². The van der Waals surface area contributed by atoms with Gasteiger partial charge in [-0.25, -0.2) is 0 Å². The summed E-state index contributed by atoms with van der Waals surface area (Å²) in [5.74, 6) is -0.339. The number of thiocarbonyl (C=S) groups is 1. The average molecular weight is 347 g/mol. The summed E-state index contributed by atoms with van der Waals surface area (Å²) in [6, 6.07) is 12.2. The normalized spacial score (nSPS) is 10.5. The van der Waals surface area contributed by atoms with Gasteiger partial charge in [0.1, 0.15) is 5.75 Å². The number of hydrogen-bond donors (Lipinski definition) is 3. The highest BCUT2D eigenvalue weighted by atomic mass is 35.5. The van der Waals surface area contributed by atoms with Crippen LogP contribution in [-0.4, -0.2) is 16.1 Å².